The Balaban J connectivity index is -0.0000000167. The standard InChI is InChI=1S/C5H5.6CH2O.Mn/c1-2-4-5-3-1;6*1-2;/h1-3H,4H2;6*1H2;/q-1;;;;;;;. The molecule has 0 aromatic heterocycles. The Labute approximate surface area is 118 Å². The van der Waals surface area contributed by atoms with Gasteiger partial charge in [-0.15, -0.1) is 6.42 Å². The molecule has 0 atom stereocenters. The van der Waals surface area contributed by atoms with Crippen LogP contribution in [0.2, 0.25) is 0 Å². The van der Waals surface area contributed by atoms with Crippen molar-refractivity contribution in [3.63, 3.8) is 0 Å². The van der Waals surface area contributed by atoms with Crippen molar-refractivity contribution in [3.05, 3.63) is 24.3 Å². The minimum Gasteiger partial charge on any atom is -0.307 e. The third kappa shape index (κ3) is 261. The van der Waals surface area contributed by atoms with Crippen LogP contribution in [0.15, 0.2) is 18.2 Å². The smallest absolute Gasteiger partial charge is 0.106 e. The van der Waals surface area contributed by atoms with Gasteiger partial charge < -0.3 is 28.8 Å². The second-order valence-corrected chi connectivity index (χ2v) is 1.00. The van der Waals surface area contributed by atoms with E-state index < -0.39 is 0 Å². The second kappa shape index (κ2) is 324. The number of hydrogen-bond donors (Lipinski definition) is 0. The number of carbonyl (C=O) groups excluding carboxylic acids is 6. The number of carbonyl (C=O) groups is 6. The van der Waals surface area contributed by atoms with Gasteiger partial charge in [0.05, 0.1) is 0 Å². The molecule has 18 heavy (non-hydrogen) atoms. The molecule has 6 nitrogen and oxygen atoms in total. The van der Waals surface area contributed by atoms with Crippen LogP contribution in [-0.4, -0.2) is 40.7 Å². The van der Waals surface area contributed by atoms with Crippen LogP contribution < -0.4 is 0 Å². The topological polar surface area (TPSA) is 102 Å². The normalized spacial score (nSPS) is 6.22. The Morgan fingerprint density at radius 3 is 1.00 bits per heavy atom. The fraction of sp³-hybridized carbons (Fsp3) is 0.0909. The van der Waals surface area contributed by atoms with Gasteiger partial charge in [-0.2, -0.15) is 6.08 Å². The first kappa shape index (κ1) is 44.4. The molecular weight excluding hydrogens is 283 g/mol. The summed E-state index contributed by atoms with van der Waals surface area (Å²) in [5.74, 6) is 0. The number of allylic oxidation sites excluding steroid dienone is 4. The maximum Gasteiger partial charge on any atom is 0.106 e. The van der Waals surface area contributed by atoms with E-state index in [1.165, 1.54) is 0 Å². The van der Waals surface area contributed by atoms with Crippen LogP contribution in [0.5, 0.6) is 0 Å². The van der Waals surface area contributed by atoms with Crippen molar-refractivity contribution in [1.82, 2.24) is 0 Å². The summed E-state index contributed by atoms with van der Waals surface area (Å²) in [6.07, 6.45) is 10.0. The van der Waals surface area contributed by atoms with Crippen molar-refractivity contribution in [3.8, 4) is 0 Å². The minimum atomic E-state index is 0. The Kier molecular flexibility index (Phi) is 799. The van der Waals surface area contributed by atoms with Gasteiger partial charge >= 0.3 is 0 Å². The number of hydrogen-bond acceptors (Lipinski definition) is 6. The van der Waals surface area contributed by atoms with E-state index in [1.807, 2.05) is 52.9 Å². The molecule has 0 saturated heterocycles. The van der Waals surface area contributed by atoms with Crippen molar-refractivity contribution >= 4 is 40.7 Å². The molecule has 1 radical (unpaired) electrons. The van der Waals surface area contributed by atoms with Crippen molar-refractivity contribution in [2.24, 2.45) is 0 Å². The maximum absolute atomic E-state index is 8.00. The number of rotatable bonds is 0. The molecule has 0 unspecified atom stereocenters. The van der Waals surface area contributed by atoms with Crippen LogP contribution in [0.3, 0.4) is 0 Å². The molecule has 0 heterocycles. The van der Waals surface area contributed by atoms with Gasteiger partial charge in [0.2, 0.25) is 0 Å². The van der Waals surface area contributed by atoms with Crippen molar-refractivity contribution in [1.29, 1.82) is 0 Å². The molecule has 0 amide bonds. The van der Waals surface area contributed by atoms with E-state index in [0.717, 1.165) is 6.42 Å². The van der Waals surface area contributed by atoms with Crippen LogP contribution in [0.4, 0.5) is 0 Å². The average molecular weight is 300 g/mol. The summed E-state index contributed by atoms with van der Waals surface area (Å²) in [4.78, 5) is 48.0. The summed E-state index contributed by atoms with van der Waals surface area (Å²) in [7, 11) is 0. The molecule has 0 bridgehead atoms. The predicted octanol–water partition coefficient (Wildman–Crippen LogP) is 0.194. The molecule has 1 aliphatic rings. The molecule has 1 aliphatic carbocycles. The third-order valence-corrected chi connectivity index (χ3v) is 0.586. The van der Waals surface area contributed by atoms with E-state index in [2.05, 4.69) is 12.2 Å². The van der Waals surface area contributed by atoms with Gasteiger partial charge in [-0.1, -0.05) is 0 Å². The minimum absolute atomic E-state index is 0. The van der Waals surface area contributed by atoms with Gasteiger partial charge in [0.15, 0.2) is 0 Å². The first-order chi connectivity index (χ1) is 8.50. The summed E-state index contributed by atoms with van der Waals surface area (Å²) in [6, 6.07) is 0. The van der Waals surface area contributed by atoms with E-state index in [9.17, 15) is 0 Å². The molecule has 105 valence electrons. The first-order valence-corrected chi connectivity index (χ1v) is 3.45. The van der Waals surface area contributed by atoms with Gasteiger partial charge in [0, 0.05) is 17.1 Å². The summed E-state index contributed by atoms with van der Waals surface area (Å²) < 4.78 is 0. The summed E-state index contributed by atoms with van der Waals surface area (Å²) in [6.45, 7) is 12.0. The molecule has 0 saturated carbocycles. The van der Waals surface area contributed by atoms with E-state index in [1.54, 1.807) is 0 Å². The van der Waals surface area contributed by atoms with Gasteiger partial charge in [0.1, 0.15) is 40.7 Å². The fourth-order valence-electron chi connectivity index (χ4n) is 0.340. The zero-order valence-corrected chi connectivity index (χ0v) is 11.2. The summed E-state index contributed by atoms with van der Waals surface area (Å²) in [5.41, 5.74) is 0. The summed E-state index contributed by atoms with van der Waals surface area (Å²) >= 11 is 0. The Bertz CT molecular complexity index is 127. The molecular formula is C11H17MnO6-. The fourth-order valence-corrected chi connectivity index (χ4v) is 0.340. The van der Waals surface area contributed by atoms with Crippen LogP contribution >= 0.6 is 0 Å². The second-order valence-electron chi connectivity index (χ2n) is 1.00. The van der Waals surface area contributed by atoms with E-state index >= 15 is 0 Å². The first-order valence-electron chi connectivity index (χ1n) is 3.45. The molecule has 0 fully saturated rings. The van der Waals surface area contributed by atoms with Crippen LogP contribution in [0.1, 0.15) is 6.42 Å². The molecule has 0 spiro atoms. The third-order valence-electron chi connectivity index (χ3n) is 0.586. The van der Waals surface area contributed by atoms with Crippen LogP contribution in [-0.2, 0) is 45.8 Å². The van der Waals surface area contributed by atoms with Crippen LogP contribution in [0, 0.1) is 6.08 Å². The van der Waals surface area contributed by atoms with Crippen LogP contribution in [0.25, 0.3) is 0 Å². The zero-order valence-electron chi connectivity index (χ0n) is 10.0. The SMILES string of the molecule is C=O.C=O.C=O.C=O.C=O.C=O.[C-]1=CC=CC1.[Mn]. The summed E-state index contributed by atoms with van der Waals surface area (Å²) in [5, 5.41) is 0. The Morgan fingerprint density at radius 1 is 0.667 bits per heavy atom. The zero-order chi connectivity index (χ0) is 15.5. The average Bonchev–Trinajstić information content (AvgIpc) is 3.10. The van der Waals surface area contributed by atoms with Crippen molar-refractivity contribution in [2.45, 2.75) is 6.42 Å². The molecule has 0 aromatic rings. The molecule has 0 aromatic carbocycles. The monoisotopic (exact) mass is 300 g/mol. The Hall–Kier alpha value is -1.98. The van der Waals surface area contributed by atoms with Gasteiger partial charge in [-0.3, -0.25) is 6.08 Å². The van der Waals surface area contributed by atoms with Crippen molar-refractivity contribution in [2.75, 3.05) is 0 Å². The van der Waals surface area contributed by atoms with E-state index in [-0.39, 0.29) is 17.1 Å². The molecule has 7 heteroatoms. The molecule has 1 rings (SSSR count). The molecule has 0 aliphatic heterocycles. The quantitative estimate of drug-likeness (QED) is 0.467. The van der Waals surface area contributed by atoms with Gasteiger partial charge in [-0.25, -0.2) is 12.2 Å². The van der Waals surface area contributed by atoms with Gasteiger partial charge in [0.25, 0.3) is 0 Å². The van der Waals surface area contributed by atoms with Crippen molar-refractivity contribution < 1.29 is 45.8 Å². The Morgan fingerprint density at radius 2 is 0.944 bits per heavy atom. The van der Waals surface area contributed by atoms with E-state index in [4.69, 9.17) is 28.8 Å². The largest absolute Gasteiger partial charge is 0.307 e. The maximum atomic E-state index is 8.00. The predicted molar refractivity (Wildman–Crippen MR) is 64.3 cm³/mol. The molecule has 0 N–H and O–H groups in total. The van der Waals surface area contributed by atoms with E-state index in [0.29, 0.717) is 0 Å². The van der Waals surface area contributed by atoms with Gasteiger partial charge in [-0.05, 0) is 0 Å².